The first-order valence-corrected chi connectivity index (χ1v) is 6.85. The van der Waals surface area contributed by atoms with Gasteiger partial charge in [0.1, 0.15) is 5.75 Å². The normalized spacial score (nSPS) is 22.2. The van der Waals surface area contributed by atoms with Crippen molar-refractivity contribution in [1.29, 1.82) is 0 Å². The van der Waals surface area contributed by atoms with Crippen LogP contribution in [0, 0.1) is 5.92 Å². The second-order valence-electron chi connectivity index (χ2n) is 5.16. The average molecular weight is 262 g/mol. The number of hydrogen-bond donors (Lipinski definition) is 2. The van der Waals surface area contributed by atoms with E-state index >= 15 is 0 Å². The van der Waals surface area contributed by atoms with Crippen LogP contribution in [0.25, 0.3) is 0 Å². The molecule has 4 nitrogen and oxygen atoms in total. The van der Waals surface area contributed by atoms with Gasteiger partial charge in [-0.25, -0.2) is 0 Å². The SMILES string of the molecule is COc1ccc(CCNC(=O)C2CCC(N)C2)cc1. The van der Waals surface area contributed by atoms with E-state index in [0.29, 0.717) is 6.54 Å². The Bertz CT molecular complexity index is 417. The van der Waals surface area contributed by atoms with Crippen molar-refractivity contribution in [3.8, 4) is 5.75 Å². The first kappa shape index (κ1) is 13.9. The summed E-state index contributed by atoms with van der Waals surface area (Å²) in [5, 5.41) is 3.00. The van der Waals surface area contributed by atoms with Crippen molar-refractivity contribution < 1.29 is 9.53 Å². The number of ether oxygens (including phenoxy) is 1. The maximum absolute atomic E-state index is 11.9. The zero-order chi connectivity index (χ0) is 13.7. The summed E-state index contributed by atoms with van der Waals surface area (Å²) >= 11 is 0. The molecule has 4 heteroatoms. The van der Waals surface area contributed by atoms with Gasteiger partial charge in [0, 0.05) is 18.5 Å². The smallest absolute Gasteiger partial charge is 0.223 e. The van der Waals surface area contributed by atoms with Crippen LogP contribution in [0.2, 0.25) is 0 Å². The molecule has 2 rings (SSSR count). The molecule has 1 aliphatic carbocycles. The molecule has 1 aliphatic rings. The van der Waals surface area contributed by atoms with Gasteiger partial charge in [0.2, 0.25) is 5.91 Å². The Morgan fingerprint density at radius 1 is 1.37 bits per heavy atom. The Hall–Kier alpha value is -1.55. The van der Waals surface area contributed by atoms with Gasteiger partial charge in [0.25, 0.3) is 0 Å². The number of benzene rings is 1. The summed E-state index contributed by atoms with van der Waals surface area (Å²) in [5.41, 5.74) is 7.02. The fourth-order valence-corrected chi connectivity index (χ4v) is 2.52. The zero-order valence-electron chi connectivity index (χ0n) is 11.4. The first-order chi connectivity index (χ1) is 9.19. The summed E-state index contributed by atoms with van der Waals surface area (Å²) in [5.74, 6) is 1.13. The number of methoxy groups -OCH3 is 1. The van der Waals surface area contributed by atoms with Crippen LogP contribution in [0.5, 0.6) is 5.75 Å². The molecule has 0 radical (unpaired) electrons. The zero-order valence-corrected chi connectivity index (χ0v) is 11.4. The lowest BCUT2D eigenvalue weighted by Gasteiger charge is -2.10. The molecule has 1 aromatic rings. The minimum atomic E-state index is 0.117. The monoisotopic (exact) mass is 262 g/mol. The lowest BCUT2D eigenvalue weighted by atomic mass is 10.1. The minimum Gasteiger partial charge on any atom is -0.497 e. The predicted molar refractivity (Wildman–Crippen MR) is 75.0 cm³/mol. The van der Waals surface area contributed by atoms with Gasteiger partial charge < -0.3 is 15.8 Å². The molecule has 0 aromatic heterocycles. The molecule has 1 amide bonds. The Morgan fingerprint density at radius 2 is 2.11 bits per heavy atom. The molecule has 3 N–H and O–H groups in total. The fourth-order valence-electron chi connectivity index (χ4n) is 2.52. The Kier molecular flexibility index (Phi) is 4.80. The maximum Gasteiger partial charge on any atom is 0.223 e. The maximum atomic E-state index is 11.9. The Morgan fingerprint density at radius 3 is 2.68 bits per heavy atom. The van der Waals surface area contributed by atoms with Crippen molar-refractivity contribution in [2.24, 2.45) is 11.7 Å². The summed E-state index contributed by atoms with van der Waals surface area (Å²) in [6.45, 7) is 0.677. The standard InChI is InChI=1S/C15H22N2O2/c1-19-14-6-2-11(3-7-14)8-9-17-15(18)12-4-5-13(16)10-12/h2-3,6-7,12-13H,4-5,8-10,16H2,1H3,(H,17,18). The van der Waals surface area contributed by atoms with Crippen molar-refractivity contribution >= 4 is 5.91 Å². The molecule has 19 heavy (non-hydrogen) atoms. The first-order valence-electron chi connectivity index (χ1n) is 6.85. The van der Waals surface area contributed by atoms with E-state index in [9.17, 15) is 4.79 Å². The van der Waals surface area contributed by atoms with Crippen molar-refractivity contribution in [3.05, 3.63) is 29.8 Å². The molecular formula is C15H22N2O2. The second-order valence-corrected chi connectivity index (χ2v) is 5.16. The number of nitrogens with two attached hydrogens (primary N) is 1. The summed E-state index contributed by atoms with van der Waals surface area (Å²) < 4.78 is 5.11. The molecular weight excluding hydrogens is 240 g/mol. The summed E-state index contributed by atoms with van der Waals surface area (Å²) in [4.78, 5) is 11.9. The largest absolute Gasteiger partial charge is 0.497 e. The lowest BCUT2D eigenvalue weighted by molar-refractivity contribution is -0.124. The van der Waals surface area contributed by atoms with E-state index in [1.807, 2.05) is 24.3 Å². The molecule has 2 unspecified atom stereocenters. The fraction of sp³-hybridized carbons (Fsp3) is 0.533. The highest BCUT2D eigenvalue weighted by molar-refractivity contribution is 5.79. The van der Waals surface area contributed by atoms with E-state index in [0.717, 1.165) is 31.4 Å². The van der Waals surface area contributed by atoms with Gasteiger partial charge in [-0.1, -0.05) is 12.1 Å². The molecule has 0 spiro atoms. The highest BCUT2D eigenvalue weighted by Gasteiger charge is 2.27. The Balaban J connectivity index is 1.72. The van der Waals surface area contributed by atoms with E-state index in [1.54, 1.807) is 7.11 Å². The van der Waals surface area contributed by atoms with Crippen molar-refractivity contribution in [2.75, 3.05) is 13.7 Å². The van der Waals surface area contributed by atoms with Crippen LogP contribution < -0.4 is 15.8 Å². The molecule has 0 heterocycles. The summed E-state index contributed by atoms with van der Waals surface area (Å²) in [6, 6.07) is 8.13. The number of carbonyl (C=O) groups excluding carboxylic acids is 1. The van der Waals surface area contributed by atoms with Crippen LogP contribution in [0.3, 0.4) is 0 Å². The molecule has 0 saturated heterocycles. The topological polar surface area (TPSA) is 64.3 Å². The highest BCUT2D eigenvalue weighted by Crippen LogP contribution is 2.23. The number of carbonyl (C=O) groups is 1. The lowest BCUT2D eigenvalue weighted by Crippen LogP contribution is -2.31. The van der Waals surface area contributed by atoms with Crippen molar-refractivity contribution in [2.45, 2.75) is 31.7 Å². The summed E-state index contributed by atoms with van der Waals surface area (Å²) in [7, 11) is 1.65. The second kappa shape index (κ2) is 6.57. The molecule has 1 aromatic carbocycles. The van der Waals surface area contributed by atoms with Crippen LogP contribution in [-0.2, 0) is 11.2 Å². The Labute approximate surface area is 114 Å². The molecule has 1 fully saturated rings. The number of hydrogen-bond acceptors (Lipinski definition) is 3. The molecule has 0 aliphatic heterocycles. The summed E-state index contributed by atoms with van der Waals surface area (Å²) in [6.07, 6.45) is 3.56. The van der Waals surface area contributed by atoms with Crippen molar-refractivity contribution in [1.82, 2.24) is 5.32 Å². The van der Waals surface area contributed by atoms with E-state index in [-0.39, 0.29) is 17.9 Å². The van der Waals surface area contributed by atoms with Crippen LogP contribution in [0.4, 0.5) is 0 Å². The molecule has 1 saturated carbocycles. The van der Waals surface area contributed by atoms with Gasteiger partial charge >= 0.3 is 0 Å². The van der Waals surface area contributed by atoms with E-state index in [2.05, 4.69) is 5.32 Å². The minimum absolute atomic E-state index is 0.117. The third kappa shape index (κ3) is 3.96. The van der Waals surface area contributed by atoms with Gasteiger partial charge in [-0.2, -0.15) is 0 Å². The number of amides is 1. The highest BCUT2D eigenvalue weighted by atomic mass is 16.5. The van der Waals surface area contributed by atoms with E-state index < -0.39 is 0 Å². The van der Waals surface area contributed by atoms with E-state index in [4.69, 9.17) is 10.5 Å². The van der Waals surface area contributed by atoms with Gasteiger partial charge in [-0.15, -0.1) is 0 Å². The quantitative estimate of drug-likeness (QED) is 0.845. The van der Waals surface area contributed by atoms with Gasteiger partial charge in [-0.3, -0.25) is 4.79 Å². The van der Waals surface area contributed by atoms with Crippen LogP contribution in [0.15, 0.2) is 24.3 Å². The van der Waals surface area contributed by atoms with E-state index in [1.165, 1.54) is 5.56 Å². The average Bonchev–Trinajstić information content (AvgIpc) is 2.86. The van der Waals surface area contributed by atoms with Crippen LogP contribution in [-0.4, -0.2) is 25.6 Å². The van der Waals surface area contributed by atoms with Gasteiger partial charge in [0.15, 0.2) is 0 Å². The van der Waals surface area contributed by atoms with Crippen molar-refractivity contribution in [3.63, 3.8) is 0 Å². The third-order valence-electron chi connectivity index (χ3n) is 3.72. The van der Waals surface area contributed by atoms with Crippen LogP contribution >= 0.6 is 0 Å². The predicted octanol–water partition coefficient (Wildman–Crippen LogP) is 1.48. The third-order valence-corrected chi connectivity index (χ3v) is 3.72. The van der Waals surface area contributed by atoms with Gasteiger partial charge in [0.05, 0.1) is 7.11 Å². The molecule has 104 valence electrons. The molecule has 0 bridgehead atoms. The number of rotatable bonds is 5. The number of nitrogens with one attached hydrogen (secondary N) is 1. The van der Waals surface area contributed by atoms with Crippen LogP contribution in [0.1, 0.15) is 24.8 Å². The molecule has 2 atom stereocenters. The van der Waals surface area contributed by atoms with Gasteiger partial charge in [-0.05, 0) is 43.4 Å².